The minimum absolute atomic E-state index is 0.0972. The van der Waals surface area contributed by atoms with Crippen molar-refractivity contribution >= 4 is 0 Å². The lowest BCUT2D eigenvalue weighted by Gasteiger charge is -2.14. The highest BCUT2D eigenvalue weighted by Crippen LogP contribution is 2.54. The molecule has 2 aliphatic carbocycles. The Morgan fingerprint density at radius 1 is 0.941 bits per heavy atom. The Hall–Kier alpha value is -1.02. The maximum absolute atomic E-state index is 8.58. The van der Waals surface area contributed by atoms with Crippen molar-refractivity contribution in [1.82, 2.24) is 0 Å². The first-order chi connectivity index (χ1) is 7.92. The van der Waals surface area contributed by atoms with Crippen molar-refractivity contribution in [2.75, 3.05) is 0 Å². The Balaban J connectivity index is 0.000000171. The number of rotatable bonds is 3. The monoisotopic (exact) mass is 232 g/mol. The summed E-state index contributed by atoms with van der Waals surface area (Å²) < 4.78 is 0. The molecule has 2 saturated carbocycles. The molecule has 0 aromatic carbocycles. The molecule has 17 heavy (non-hydrogen) atoms. The van der Waals surface area contributed by atoms with Gasteiger partial charge in [0.1, 0.15) is 0 Å². The average molecular weight is 232 g/mol. The minimum atomic E-state index is 0.0972. The molecule has 0 amide bonds. The van der Waals surface area contributed by atoms with E-state index in [1.807, 2.05) is 0 Å². The maximum atomic E-state index is 8.58. The van der Waals surface area contributed by atoms with Gasteiger partial charge in [0.15, 0.2) is 0 Å². The van der Waals surface area contributed by atoms with E-state index in [0.717, 1.165) is 19.3 Å². The summed E-state index contributed by atoms with van der Waals surface area (Å²) >= 11 is 0. The zero-order valence-electron chi connectivity index (χ0n) is 11.6. The summed E-state index contributed by atoms with van der Waals surface area (Å²) in [5.74, 6) is 1.27. The van der Waals surface area contributed by atoms with E-state index in [4.69, 9.17) is 10.5 Å². The van der Waals surface area contributed by atoms with E-state index in [1.54, 1.807) is 0 Å². The first-order valence-electron chi connectivity index (χ1n) is 6.71. The topological polar surface area (TPSA) is 47.6 Å². The Labute approximate surface area is 106 Å². The lowest BCUT2D eigenvalue weighted by Crippen LogP contribution is -2.07. The normalized spacial score (nSPS) is 22.1. The molecule has 0 saturated heterocycles. The molecule has 0 aromatic rings. The van der Waals surface area contributed by atoms with Gasteiger partial charge in [0.25, 0.3) is 0 Å². The van der Waals surface area contributed by atoms with Crippen molar-refractivity contribution in [3.05, 3.63) is 0 Å². The molecular formula is C15H24N2. The van der Waals surface area contributed by atoms with Gasteiger partial charge in [-0.05, 0) is 42.9 Å². The van der Waals surface area contributed by atoms with Crippen LogP contribution in [0.1, 0.15) is 59.8 Å². The van der Waals surface area contributed by atoms with Gasteiger partial charge in [0, 0.05) is 6.42 Å². The Morgan fingerprint density at radius 2 is 1.47 bits per heavy atom. The molecule has 2 heteroatoms. The lowest BCUT2D eigenvalue weighted by molar-refractivity contribution is 0.367. The van der Waals surface area contributed by atoms with E-state index in [9.17, 15) is 0 Å². The molecule has 0 spiro atoms. The zero-order chi connectivity index (χ0) is 13.1. The van der Waals surface area contributed by atoms with Gasteiger partial charge in [0.2, 0.25) is 0 Å². The van der Waals surface area contributed by atoms with E-state index in [0.29, 0.717) is 17.3 Å². The van der Waals surface area contributed by atoms with E-state index >= 15 is 0 Å². The molecule has 2 fully saturated rings. The van der Waals surface area contributed by atoms with Gasteiger partial charge in [-0.15, -0.1) is 0 Å². The molecular weight excluding hydrogens is 208 g/mol. The smallest absolute Gasteiger partial charge is 0.0692 e. The summed E-state index contributed by atoms with van der Waals surface area (Å²) in [6.07, 6.45) is 5.57. The van der Waals surface area contributed by atoms with Crippen molar-refractivity contribution < 1.29 is 0 Å². The van der Waals surface area contributed by atoms with E-state index in [2.05, 4.69) is 39.8 Å². The van der Waals surface area contributed by atoms with Crippen molar-refractivity contribution in [1.29, 1.82) is 10.5 Å². The lowest BCUT2D eigenvalue weighted by atomic mass is 9.90. The molecule has 2 aliphatic rings. The predicted molar refractivity (Wildman–Crippen MR) is 68.9 cm³/mol. The fraction of sp³-hybridized carbons (Fsp3) is 0.867. The third-order valence-corrected chi connectivity index (χ3v) is 4.66. The number of hydrogen-bond donors (Lipinski definition) is 0. The molecule has 0 N–H and O–H groups in total. The van der Waals surface area contributed by atoms with Crippen LogP contribution in [0.25, 0.3) is 0 Å². The summed E-state index contributed by atoms with van der Waals surface area (Å²) in [7, 11) is 0. The molecule has 0 bridgehead atoms. The second kappa shape index (κ2) is 5.09. The molecule has 0 radical (unpaired) electrons. The van der Waals surface area contributed by atoms with Crippen LogP contribution in [0.15, 0.2) is 0 Å². The van der Waals surface area contributed by atoms with Gasteiger partial charge in [0.05, 0.1) is 17.6 Å². The third-order valence-electron chi connectivity index (χ3n) is 4.66. The van der Waals surface area contributed by atoms with Crippen LogP contribution in [0.2, 0.25) is 0 Å². The fourth-order valence-electron chi connectivity index (χ4n) is 2.23. The second-order valence-corrected chi connectivity index (χ2v) is 6.27. The predicted octanol–water partition coefficient (Wildman–Crippen LogP) is 4.28. The van der Waals surface area contributed by atoms with Crippen LogP contribution in [0.3, 0.4) is 0 Å². The first-order valence-corrected chi connectivity index (χ1v) is 6.71. The largest absolute Gasteiger partial charge is 0.198 e. The third kappa shape index (κ3) is 3.22. The highest BCUT2D eigenvalue weighted by molar-refractivity contribution is 5.11. The first kappa shape index (κ1) is 14.0. The molecule has 2 rings (SSSR count). The van der Waals surface area contributed by atoms with Gasteiger partial charge in [-0.2, -0.15) is 10.5 Å². The van der Waals surface area contributed by atoms with Crippen LogP contribution < -0.4 is 0 Å². The number of hydrogen-bond acceptors (Lipinski definition) is 2. The molecule has 0 aromatic heterocycles. The Bertz CT molecular complexity index is 333. The van der Waals surface area contributed by atoms with E-state index < -0.39 is 0 Å². The van der Waals surface area contributed by atoms with E-state index in [1.165, 1.54) is 12.8 Å². The van der Waals surface area contributed by atoms with Gasteiger partial charge in [-0.1, -0.05) is 27.7 Å². The van der Waals surface area contributed by atoms with Crippen LogP contribution >= 0.6 is 0 Å². The molecule has 0 aliphatic heterocycles. The number of nitrogens with zero attached hydrogens (tertiary/aromatic N) is 2. The summed E-state index contributed by atoms with van der Waals surface area (Å²) in [6.45, 7) is 8.67. The molecule has 0 atom stereocenters. The molecule has 0 unspecified atom stereocenters. The standard InChI is InChI=1S/C8H13N.C7H11N/c1-7(2)8(3-4-8)5-6-9;1-6(2)7(5-8)3-4-7/h7H,3-5H2,1-2H3;6H,3-4H2,1-2H3. The van der Waals surface area contributed by atoms with Crippen molar-refractivity contribution in [2.45, 2.75) is 59.8 Å². The summed E-state index contributed by atoms with van der Waals surface area (Å²) in [4.78, 5) is 0. The summed E-state index contributed by atoms with van der Waals surface area (Å²) in [5, 5.41) is 17.0. The van der Waals surface area contributed by atoms with Crippen molar-refractivity contribution in [3.8, 4) is 12.1 Å². The van der Waals surface area contributed by atoms with Crippen molar-refractivity contribution in [2.24, 2.45) is 22.7 Å². The van der Waals surface area contributed by atoms with Crippen LogP contribution in [0, 0.1) is 45.3 Å². The van der Waals surface area contributed by atoms with Gasteiger partial charge < -0.3 is 0 Å². The number of nitriles is 2. The van der Waals surface area contributed by atoms with Crippen LogP contribution in [-0.2, 0) is 0 Å². The zero-order valence-corrected chi connectivity index (χ0v) is 11.6. The van der Waals surface area contributed by atoms with Gasteiger partial charge in [-0.3, -0.25) is 0 Å². The highest BCUT2D eigenvalue weighted by atomic mass is 14.5. The maximum Gasteiger partial charge on any atom is 0.0692 e. The van der Waals surface area contributed by atoms with Gasteiger partial charge in [-0.25, -0.2) is 0 Å². The average Bonchev–Trinajstić information content (AvgIpc) is 3.15. The molecule has 2 nitrogen and oxygen atoms in total. The quantitative estimate of drug-likeness (QED) is 0.729. The Morgan fingerprint density at radius 3 is 1.53 bits per heavy atom. The summed E-state index contributed by atoms with van der Waals surface area (Å²) in [6, 6.07) is 4.60. The SMILES string of the molecule is CC(C)C1(C#N)CC1.CC(C)C1(CC#N)CC1. The Kier molecular flexibility index (Phi) is 4.21. The summed E-state index contributed by atoms with van der Waals surface area (Å²) in [5.41, 5.74) is 0.536. The second-order valence-electron chi connectivity index (χ2n) is 6.27. The molecule has 94 valence electrons. The fourth-order valence-corrected chi connectivity index (χ4v) is 2.23. The van der Waals surface area contributed by atoms with E-state index in [-0.39, 0.29) is 5.41 Å². The van der Waals surface area contributed by atoms with Crippen molar-refractivity contribution in [3.63, 3.8) is 0 Å². The van der Waals surface area contributed by atoms with Crippen LogP contribution in [0.4, 0.5) is 0 Å². The molecule has 0 heterocycles. The van der Waals surface area contributed by atoms with Crippen LogP contribution in [0.5, 0.6) is 0 Å². The minimum Gasteiger partial charge on any atom is -0.198 e. The van der Waals surface area contributed by atoms with Gasteiger partial charge >= 0.3 is 0 Å². The highest BCUT2D eigenvalue weighted by Gasteiger charge is 2.45. The van der Waals surface area contributed by atoms with Crippen LogP contribution in [-0.4, -0.2) is 0 Å².